The first-order chi connectivity index (χ1) is 12.1. The molecule has 2 aromatic rings. The Labute approximate surface area is 147 Å². The van der Waals surface area contributed by atoms with E-state index in [-0.39, 0.29) is 17.8 Å². The zero-order valence-electron chi connectivity index (χ0n) is 14.4. The number of amides is 1. The molecule has 0 radical (unpaired) electrons. The molecule has 132 valence electrons. The van der Waals surface area contributed by atoms with Crippen molar-refractivity contribution in [2.75, 3.05) is 24.5 Å². The van der Waals surface area contributed by atoms with Crippen LogP contribution < -0.4 is 4.90 Å². The fraction of sp³-hybridized carbons (Fsp3) is 0.474. The van der Waals surface area contributed by atoms with E-state index in [0.717, 1.165) is 50.3 Å². The largest absolute Gasteiger partial charge is 0.294 e. The van der Waals surface area contributed by atoms with E-state index in [2.05, 4.69) is 10.00 Å². The van der Waals surface area contributed by atoms with Crippen molar-refractivity contribution in [3.63, 3.8) is 0 Å². The number of rotatable bonds is 4. The molecule has 0 N–H and O–H groups in total. The summed E-state index contributed by atoms with van der Waals surface area (Å²) in [6.07, 6.45) is 4.49. The summed E-state index contributed by atoms with van der Waals surface area (Å²) in [5.74, 6) is 1.18. The maximum Gasteiger partial charge on any atom is 0.245 e. The Balaban J connectivity index is 1.37. The Kier molecular flexibility index (Phi) is 4.29. The van der Waals surface area contributed by atoms with E-state index in [1.807, 2.05) is 31.4 Å². The van der Waals surface area contributed by atoms with Gasteiger partial charge >= 0.3 is 0 Å². The van der Waals surface area contributed by atoms with Crippen LogP contribution in [0.5, 0.6) is 0 Å². The minimum absolute atomic E-state index is 0.0624. The summed E-state index contributed by atoms with van der Waals surface area (Å²) in [5, 5.41) is 4.36. The molecule has 0 spiro atoms. The molecule has 4 rings (SSSR count). The third-order valence-corrected chi connectivity index (χ3v) is 5.28. The normalized spacial score (nSPS) is 22.2. The monoisotopic (exact) mass is 342 g/mol. The molecule has 25 heavy (non-hydrogen) atoms. The lowest BCUT2D eigenvalue weighted by Gasteiger charge is -2.46. The Morgan fingerprint density at radius 1 is 1.24 bits per heavy atom. The lowest BCUT2D eigenvalue weighted by atomic mass is 9.88. The molecule has 1 aromatic heterocycles. The van der Waals surface area contributed by atoms with E-state index in [9.17, 15) is 9.18 Å². The van der Waals surface area contributed by atoms with Gasteiger partial charge in [-0.2, -0.15) is 5.10 Å². The first-order valence-corrected chi connectivity index (χ1v) is 8.90. The Hall–Kier alpha value is -2.21. The summed E-state index contributed by atoms with van der Waals surface area (Å²) in [5.41, 5.74) is 0.775. The number of hydrogen-bond acceptors (Lipinski definition) is 3. The number of nitrogens with zero attached hydrogens (tertiary/aromatic N) is 4. The van der Waals surface area contributed by atoms with Crippen LogP contribution in [-0.2, 0) is 18.3 Å². The minimum atomic E-state index is -0.129. The average molecular weight is 342 g/mol. The number of anilines is 1. The summed E-state index contributed by atoms with van der Waals surface area (Å²) in [7, 11) is 1.86. The number of carbonyl (C=O) groups is 1. The zero-order valence-corrected chi connectivity index (χ0v) is 14.4. The Bertz CT molecular complexity index is 768. The molecule has 2 fully saturated rings. The Morgan fingerprint density at radius 2 is 2.04 bits per heavy atom. The molecule has 2 aliphatic rings. The quantitative estimate of drug-likeness (QED) is 0.856. The highest BCUT2D eigenvalue weighted by Crippen LogP contribution is 2.29. The molecule has 1 aromatic carbocycles. The van der Waals surface area contributed by atoms with Gasteiger partial charge in [-0.25, -0.2) is 4.39 Å². The van der Waals surface area contributed by atoms with Gasteiger partial charge in [-0.15, -0.1) is 0 Å². The molecule has 2 aliphatic heterocycles. The van der Waals surface area contributed by atoms with Crippen molar-refractivity contribution in [2.45, 2.75) is 25.3 Å². The van der Waals surface area contributed by atoms with Crippen molar-refractivity contribution in [1.29, 1.82) is 0 Å². The van der Waals surface area contributed by atoms with Gasteiger partial charge in [0.2, 0.25) is 5.91 Å². The number of likely N-dealkylation sites (tertiary alicyclic amines) is 1. The second kappa shape index (κ2) is 6.59. The fourth-order valence-electron chi connectivity index (χ4n) is 3.94. The number of piperidine rings is 1. The third-order valence-electron chi connectivity index (χ3n) is 5.28. The molecule has 1 amide bonds. The summed E-state index contributed by atoms with van der Waals surface area (Å²) >= 11 is 0. The summed E-state index contributed by atoms with van der Waals surface area (Å²) in [6, 6.07) is 8.79. The standard InChI is InChI=1S/C19H23FN4O/c1-22-10-8-18(21-22)24-9-4-7-17(19(24)25)23-12-14(13-23)11-15-5-2-3-6-16(15)20/h2-3,5-6,8,10,14,17H,4,7,9,11-13H2,1H3. The molecular weight excluding hydrogens is 319 g/mol. The van der Waals surface area contributed by atoms with Crippen LogP contribution in [0, 0.1) is 11.7 Å². The van der Waals surface area contributed by atoms with E-state index in [1.54, 1.807) is 15.6 Å². The van der Waals surface area contributed by atoms with E-state index in [1.165, 1.54) is 6.07 Å². The smallest absolute Gasteiger partial charge is 0.245 e. The zero-order chi connectivity index (χ0) is 17.4. The van der Waals surface area contributed by atoms with Gasteiger partial charge in [0.25, 0.3) is 0 Å². The summed E-state index contributed by atoms with van der Waals surface area (Å²) < 4.78 is 15.5. The molecule has 0 aliphatic carbocycles. The first kappa shape index (κ1) is 16.3. The topological polar surface area (TPSA) is 41.4 Å². The van der Waals surface area contributed by atoms with E-state index < -0.39 is 0 Å². The minimum Gasteiger partial charge on any atom is -0.294 e. The number of carbonyl (C=O) groups excluding carboxylic acids is 1. The van der Waals surface area contributed by atoms with Crippen LogP contribution in [0.15, 0.2) is 36.5 Å². The highest BCUT2D eigenvalue weighted by Gasteiger charge is 2.40. The SMILES string of the molecule is Cn1ccc(N2CCCC(N3CC(Cc4ccccc4F)C3)C2=O)n1. The van der Waals surface area contributed by atoms with Crippen molar-refractivity contribution in [3.8, 4) is 0 Å². The molecule has 1 atom stereocenters. The second-order valence-electron chi connectivity index (χ2n) is 7.11. The van der Waals surface area contributed by atoms with Gasteiger partial charge in [-0.1, -0.05) is 18.2 Å². The predicted molar refractivity (Wildman–Crippen MR) is 93.8 cm³/mol. The molecule has 3 heterocycles. The maximum atomic E-state index is 13.8. The lowest BCUT2D eigenvalue weighted by molar-refractivity contribution is -0.128. The molecule has 1 unspecified atom stereocenters. The van der Waals surface area contributed by atoms with Crippen molar-refractivity contribution in [1.82, 2.24) is 14.7 Å². The van der Waals surface area contributed by atoms with Crippen molar-refractivity contribution >= 4 is 11.7 Å². The molecular formula is C19H23FN4O. The number of halogens is 1. The number of benzene rings is 1. The molecule has 6 heteroatoms. The number of hydrogen-bond donors (Lipinski definition) is 0. The van der Waals surface area contributed by atoms with Crippen molar-refractivity contribution in [2.24, 2.45) is 13.0 Å². The van der Waals surface area contributed by atoms with E-state index >= 15 is 0 Å². The van der Waals surface area contributed by atoms with E-state index in [0.29, 0.717) is 5.92 Å². The molecule has 0 bridgehead atoms. The van der Waals surface area contributed by atoms with Gasteiger partial charge in [0, 0.05) is 38.9 Å². The highest BCUT2D eigenvalue weighted by atomic mass is 19.1. The van der Waals surface area contributed by atoms with Gasteiger partial charge in [0.05, 0.1) is 6.04 Å². The predicted octanol–water partition coefficient (Wildman–Crippen LogP) is 2.23. The van der Waals surface area contributed by atoms with Crippen LogP contribution >= 0.6 is 0 Å². The van der Waals surface area contributed by atoms with Crippen LogP contribution in [0.2, 0.25) is 0 Å². The third kappa shape index (κ3) is 3.18. The highest BCUT2D eigenvalue weighted by molar-refractivity contribution is 5.97. The average Bonchev–Trinajstić information content (AvgIpc) is 2.99. The molecule has 0 saturated carbocycles. The lowest BCUT2D eigenvalue weighted by Crippen LogP contribution is -2.60. The van der Waals surface area contributed by atoms with Gasteiger partial charge in [-0.3, -0.25) is 19.3 Å². The molecule has 2 saturated heterocycles. The summed E-state index contributed by atoms with van der Waals surface area (Å²) in [4.78, 5) is 16.9. The maximum absolute atomic E-state index is 13.8. The van der Waals surface area contributed by atoms with E-state index in [4.69, 9.17) is 0 Å². The first-order valence-electron chi connectivity index (χ1n) is 8.90. The summed E-state index contributed by atoms with van der Waals surface area (Å²) in [6.45, 7) is 2.46. The van der Waals surface area contributed by atoms with Crippen LogP contribution in [-0.4, -0.2) is 46.3 Å². The molecule has 5 nitrogen and oxygen atoms in total. The number of aryl methyl sites for hydroxylation is 1. The van der Waals surface area contributed by atoms with Crippen LogP contribution in [0.4, 0.5) is 10.2 Å². The van der Waals surface area contributed by atoms with Gasteiger partial charge in [-0.05, 0) is 36.8 Å². The Morgan fingerprint density at radius 3 is 2.76 bits per heavy atom. The van der Waals surface area contributed by atoms with Gasteiger partial charge in [0.1, 0.15) is 5.82 Å². The van der Waals surface area contributed by atoms with Crippen molar-refractivity contribution in [3.05, 3.63) is 47.9 Å². The second-order valence-corrected chi connectivity index (χ2v) is 7.11. The van der Waals surface area contributed by atoms with Crippen LogP contribution in [0.1, 0.15) is 18.4 Å². The van der Waals surface area contributed by atoms with Crippen LogP contribution in [0.3, 0.4) is 0 Å². The van der Waals surface area contributed by atoms with Crippen molar-refractivity contribution < 1.29 is 9.18 Å². The van der Waals surface area contributed by atoms with Crippen LogP contribution in [0.25, 0.3) is 0 Å². The number of aromatic nitrogens is 2. The van der Waals surface area contributed by atoms with Gasteiger partial charge in [0.15, 0.2) is 5.82 Å². The fourth-order valence-corrected chi connectivity index (χ4v) is 3.94. The van der Waals surface area contributed by atoms with Gasteiger partial charge < -0.3 is 0 Å².